The number of carbonyl (C=O) groups is 1. The Hall–Kier alpha value is -1.40. The minimum absolute atomic E-state index is 0.0291. The van der Waals surface area contributed by atoms with E-state index < -0.39 is 9.84 Å². The Morgan fingerprint density at radius 1 is 1.24 bits per heavy atom. The third-order valence-electron chi connectivity index (χ3n) is 4.27. The summed E-state index contributed by atoms with van der Waals surface area (Å²) in [6, 6.07) is 5.79. The minimum Gasteiger partial charge on any atom is -0.349 e. The van der Waals surface area contributed by atoms with Crippen molar-refractivity contribution in [2.75, 3.05) is 18.1 Å². The van der Waals surface area contributed by atoms with Crippen LogP contribution in [0.1, 0.15) is 34.3 Å². The van der Waals surface area contributed by atoms with E-state index in [-0.39, 0.29) is 23.5 Å². The third-order valence-corrected chi connectivity index (χ3v) is 5.99. The molecule has 1 aromatic rings. The molecule has 1 saturated heterocycles. The molecule has 0 atom stereocenters. The van der Waals surface area contributed by atoms with E-state index in [9.17, 15) is 13.2 Å². The van der Waals surface area contributed by atoms with Gasteiger partial charge in [0, 0.05) is 18.2 Å². The minimum atomic E-state index is -2.89. The van der Waals surface area contributed by atoms with Crippen molar-refractivity contribution in [3.8, 4) is 0 Å². The molecule has 6 heteroatoms. The molecule has 0 unspecified atom stereocenters. The van der Waals surface area contributed by atoms with E-state index in [0.29, 0.717) is 12.8 Å². The van der Waals surface area contributed by atoms with Crippen LogP contribution in [0, 0.1) is 0 Å². The summed E-state index contributed by atoms with van der Waals surface area (Å²) >= 11 is 0. The summed E-state index contributed by atoms with van der Waals surface area (Å²) in [6.45, 7) is 1.69. The quantitative estimate of drug-likeness (QED) is 0.841. The van der Waals surface area contributed by atoms with E-state index in [1.807, 2.05) is 18.2 Å². The van der Waals surface area contributed by atoms with Crippen LogP contribution in [-0.4, -0.2) is 38.4 Å². The van der Waals surface area contributed by atoms with Crippen molar-refractivity contribution in [1.82, 2.24) is 10.6 Å². The van der Waals surface area contributed by atoms with Crippen LogP contribution in [0.3, 0.4) is 0 Å². The maximum absolute atomic E-state index is 12.5. The maximum atomic E-state index is 12.5. The molecule has 114 valence electrons. The predicted molar refractivity (Wildman–Crippen MR) is 81.0 cm³/mol. The van der Waals surface area contributed by atoms with Gasteiger partial charge < -0.3 is 10.6 Å². The van der Waals surface area contributed by atoms with E-state index in [4.69, 9.17) is 0 Å². The van der Waals surface area contributed by atoms with Crippen LogP contribution in [0.15, 0.2) is 18.2 Å². The Kier molecular flexibility index (Phi) is 3.99. The second kappa shape index (κ2) is 5.77. The lowest BCUT2D eigenvalue weighted by Crippen LogP contribution is -2.41. The molecule has 0 aliphatic carbocycles. The molecule has 0 spiro atoms. The van der Waals surface area contributed by atoms with Crippen LogP contribution in [0.5, 0.6) is 0 Å². The lowest BCUT2D eigenvalue weighted by Gasteiger charge is -2.25. The zero-order chi connectivity index (χ0) is 14.9. The molecule has 2 N–H and O–H groups in total. The summed E-state index contributed by atoms with van der Waals surface area (Å²) in [5.41, 5.74) is 3.04. The molecule has 0 aromatic heterocycles. The molecule has 2 aliphatic heterocycles. The van der Waals surface area contributed by atoms with Crippen LogP contribution < -0.4 is 10.6 Å². The molecule has 0 radical (unpaired) electrons. The molecule has 0 saturated carbocycles. The summed E-state index contributed by atoms with van der Waals surface area (Å²) in [6.07, 6.45) is 1.90. The SMILES string of the molecule is O=C(NC1CCS(=O)(=O)CC1)c1cccc2c1CCNC2. The van der Waals surface area contributed by atoms with Gasteiger partial charge in [0.15, 0.2) is 0 Å². The normalized spacial score (nSPS) is 21.5. The van der Waals surface area contributed by atoms with Gasteiger partial charge in [-0.25, -0.2) is 8.42 Å². The fourth-order valence-electron chi connectivity index (χ4n) is 3.04. The molecule has 1 amide bonds. The molecular formula is C15H20N2O3S. The average molecular weight is 308 g/mol. The van der Waals surface area contributed by atoms with Crippen molar-refractivity contribution in [2.45, 2.75) is 31.8 Å². The first-order valence-electron chi connectivity index (χ1n) is 7.38. The summed E-state index contributed by atoms with van der Waals surface area (Å²) in [7, 11) is -2.89. The number of amides is 1. The number of hydrogen-bond donors (Lipinski definition) is 2. The van der Waals surface area contributed by atoms with Crippen LogP contribution in [0.2, 0.25) is 0 Å². The second-order valence-electron chi connectivity index (χ2n) is 5.77. The molecular weight excluding hydrogens is 288 g/mol. The van der Waals surface area contributed by atoms with Gasteiger partial charge in [0.2, 0.25) is 0 Å². The van der Waals surface area contributed by atoms with Crippen LogP contribution >= 0.6 is 0 Å². The molecule has 1 aromatic carbocycles. The highest BCUT2D eigenvalue weighted by atomic mass is 32.2. The number of fused-ring (bicyclic) bond motifs is 1. The van der Waals surface area contributed by atoms with Crippen LogP contribution in [0.4, 0.5) is 0 Å². The highest BCUT2D eigenvalue weighted by Crippen LogP contribution is 2.20. The largest absolute Gasteiger partial charge is 0.349 e. The number of carbonyl (C=O) groups excluding carboxylic acids is 1. The zero-order valence-corrected chi connectivity index (χ0v) is 12.7. The second-order valence-corrected chi connectivity index (χ2v) is 8.07. The Balaban J connectivity index is 1.72. The highest BCUT2D eigenvalue weighted by Gasteiger charge is 2.26. The molecule has 21 heavy (non-hydrogen) atoms. The standard InChI is InChI=1S/C15H20N2O3S/c18-15(17-12-5-8-21(19,20)9-6-12)14-3-1-2-11-10-16-7-4-13(11)14/h1-3,12,16H,4-10H2,(H,17,18). The molecule has 0 bridgehead atoms. The van der Waals surface area contributed by atoms with Gasteiger partial charge in [0.25, 0.3) is 5.91 Å². The van der Waals surface area contributed by atoms with E-state index in [1.165, 1.54) is 5.56 Å². The monoisotopic (exact) mass is 308 g/mol. The summed E-state index contributed by atoms with van der Waals surface area (Å²) in [5, 5.41) is 6.30. The predicted octanol–water partition coefficient (Wildman–Crippen LogP) is 0.639. The van der Waals surface area contributed by atoms with Gasteiger partial charge in [-0.05, 0) is 43.0 Å². The van der Waals surface area contributed by atoms with E-state index in [2.05, 4.69) is 10.6 Å². The first-order chi connectivity index (χ1) is 10.1. The van der Waals surface area contributed by atoms with Gasteiger partial charge in [-0.2, -0.15) is 0 Å². The average Bonchev–Trinajstić information content (AvgIpc) is 2.49. The Labute approximate surface area is 125 Å². The fourth-order valence-corrected chi connectivity index (χ4v) is 4.53. The number of hydrogen-bond acceptors (Lipinski definition) is 4. The van der Waals surface area contributed by atoms with Crippen LogP contribution in [-0.2, 0) is 22.8 Å². The zero-order valence-electron chi connectivity index (χ0n) is 11.9. The van der Waals surface area contributed by atoms with Crippen molar-refractivity contribution >= 4 is 15.7 Å². The fraction of sp³-hybridized carbons (Fsp3) is 0.533. The first kappa shape index (κ1) is 14.5. The first-order valence-corrected chi connectivity index (χ1v) is 9.20. The maximum Gasteiger partial charge on any atom is 0.251 e. The lowest BCUT2D eigenvalue weighted by molar-refractivity contribution is 0.0933. The Morgan fingerprint density at radius 3 is 2.76 bits per heavy atom. The smallest absolute Gasteiger partial charge is 0.251 e. The number of nitrogens with one attached hydrogen (secondary N) is 2. The highest BCUT2D eigenvalue weighted by molar-refractivity contribution is 7.91. The van der Waals surface area contributed by atoms with Gasteiger partial charge in [-0.1, -0.05) is 12.1 Å². The summed E-state index contributed by atoms with van der Waals surface area (Å²) in [5.74, 6) is 0.279. The van der Waals surface area contributed by atoms with Gasteiger partial charge in [-0.3, -0.25) is 4.79 Å². The molecule has 5 nitrogen and oxygen atoms in total. The van der Waals surface area contributed by atoms with Crippen molar-refractivity contribution in [1.29, 1.82) is 0 Å². The third kappa shape index (κ3) is 3.27. The van der Waals surface area contributed by atoms with Crippen molar-refractivity contribution in [3.63, 3.8) is 0 Å². The van der Waals surface area contributed by atoms with Crippen molar-refractivity contribution in [2.24, 2.45) is 0 Å². The number of rotatable bonds is 2. The van der Waals surface area contributed by atoms with Crippen molar-refractivity contribution in [3.05, 3.63) is 34.9 Å². The van der Waals surface area contributed by atoms with Crippen LogP contribution in [0.25, 0.3) is 0 Å². The summed E-state index contributed by atoms with van der Waals surface area (Å²) in [4.78, 5) is 12.5. The van der Waals surface area contributed by atoms with Gasteiger partial charge in [0.1, 0.15) is 9.84 Å². The number of sulfone groups is 1. The Bertz CT molecular complexity index is 641. The van der Waals surface area contributed by atoms with Crippen molar-refractivity contribution < 1.29 is 13.2 Å². The summed E-state index contributed by atoms with van der Waals surface area (Å²) < 4.78 is 22.8. The van der Waals surface area contributed by atoms with E-state index in [1.54, 1.807) is 0 Å². The molecule has 1 fully saturated rings. The van der Waals surface area contributed by atoms with E-state index in [0.717, 1.165) is 30.6 Å². The van der Waals surface area contributed by atoms with Gasteiger partial charge in [0.05, 0.1) is 11.5 Å². The molecule has 2 aliphatic rings. The topological polar surface area (TPSA) is 75.3 Å². The molecule has 2 heterocycles. The Morgan fingerprint density at radius 2 is 2.00 bits per heavy atom. The lowest BCUT2D eigenvalue weighted by atomic mass is 9.95. The van der Waals surface area contributed by atoms with Gasteiger partial charge in [-0.15, -0.1) is 0 Å². The molecule has 3 rings (SSSR count). The number of benzene rings is 1. The van der Waals surface area contributed by atoms with E-state index >= 15 is 0 Å². The van der Waals surface area contributed by atoms with Gasteiger partial charge >= 0.3 is 0 Å².